The minimum absolute atomic E-state index is 0.399. The van der Waals surface area contributed by atoms with E-state index in [2.05, 4.69) is 66.7 Å². The van der Waals surface area contributed by atoms with Gasteiger partial charge in [-0.15, -0.1) is 0 Å². The third-order valence-electron chi connectivity index (χ3n) is 2.21. The summed E-state index contributed by atoms with van der Waals surface area (Å²) in [5, 5.41) is 0. The summed E-state index contributed by atoms with van der Waals surface area (Å²) in [5.74, 6) is 0. The molecule has 0 spiro atoms. The molecule has 1 nitrogen and oxygen atoms in total. The molecular weight excluding hydrogens is 352 g/mol. The van der Waals surface area contributed by atoms with E-state index in [9.17, 15) is 0 Å². The van der Waals surface area contributed by atoms with Crippen LogP contribution >= 0.6 is 0 Å². The van der Waals surface area contributed by atoms with Crippen molar-refractivity contribution in [2.75, 3.05) is 6.54 Å². The number of hydrogen-bond donors (Lipinski definition) is 1. The average Bonchev–Trinajstić information content (AvgIpc) is 2.41. The van der Waals surface area contributed by atoms with Crippen LogP contribution in [0, 0.1) is 0 Å². The zero-order valence-corrected chi connectivity index (χ0v) is 13.4. The molecule has 3 heteroatoms. The Hall–Kier alpha value is -0.821. The first-order valence-corrected chi connectivity index (χ1v) is 9.17. The van der Waals surface area contributed by atoms with Crippen LogP contribution in [0.15, 0.2) is 70.1 Å². The summed E-state index contributed by atoms with van der Waals surface area (Å²) >= 11 is 0.799. The Morgan fingerprint density at radius 3 is 1.67 bits per heavy atom. The summed E-state index contributed by atoms with van der Waals surface area (Å²) in [6, 6.07) is 21.3. The molecule has 0 atom stereocenters. The standard InChI is InChI=1S/C15H15NSe2/c16-12-11-15(17-13-7-3-1-4-8-13)18-14-9-5-2-6-10-14/h1-11H,12,16H2. The zero-order valence-electron chi connectivity index (χ0n) is 9.95. The van der Waals surface area contributed by atoms with Crippen LogP contribution in [0.25, 0.3) is 0 Å². The first-order valence-electron chi connectivity index (χ1n) is 5.74. The molecule has 2 aromatic carbocycles. The molecule has 2 rings (SSSR count). The van der Waals surface area contributed by atoms with Crippen LogP contribution in [0.2, 0.25) is 0 Å². The fraction of sp³-hybridized carbons (Fsp3) is 0.0667. The van der Waals surface area contributed by atoms with E-state index in [1.165, 1.54) is 12.3 Å². The Kier molecular flexibility index (Phi) is 5.73. The second-order valence-corrected chi connectivity index (χ2v) is 9.58. The number of rotatable bonds is 5. The van der Waals surface area contributed by atoms with E-state index in [1.807, 2.05) is 0 Å². The van der Waals surface area contributed by atoms with E-state index in [0.29, 0.717) is 36.5 Å². The van der Waals surface area contributed by atoms with Crippen molar-refractivity contribution in [2.45, 2.75) is 0 Å². The molecule has 0 unspecified atom stereocenters. The van der Waals surface area contributed by atoms with Gasteiger partial charge in [0.25, 0.3) is 0 Å². The van der Waals surface area contributed by atoms with Crippen molar-refractivity contribution in [3.8, 4) is 0 Å². The van der Waals surface area contributed by atoms with E-state index < -0.39 is 0 Å². The molecule has 0 radical (unpaired) electrons. The van der Waals surface area contributed by atoms with Crippen LogP contribution in [0.5, 0.6) is 0 Å². The minimum atomic E-state index is 0.399. The maximum atomic E-state index is 5.68. The molecule has 0 aromatic heterocycles. The van der Waals surface area contributed by atoms with Crippen molar-refractivity contribution in [3.05, 3.63) is 70.1 Å². The van der Waals surface area contributed by atoms with Crippen molar-refractivity contribution < 1.29 is 0 Å². The zero-order chi connectivity index (χ0) is 12.6. The van der Waals surface area contributed by atoms with Crippen molar-refractivity contribution in [3.63, 3.8) is 0 Å². The van der Waals surface area contributed by atoms with Crippen LogP contribution < -0.4 is 14.7 Å². The molecule has 0 amide bonds. The van der Waals surface area contributed by atoms with Gasteiger partial charge in [-0.2, -0.15) is 0 Å². The molecular formula is C15H15NSe2. The van der Waals surface area contributed by atoms with E-state index in [4.69, 9.17) is 5.73 Å². The summed E-state index contributed by atoms with van der Waals surface area (Å²) in [6.45, 7) is 0.637. The number of benzene rings is 2. The van der Waals surface area contributed by atoms with Gasteiger partial charge < -0.3 is 0 Å². The fourth-order valence-corrected chi connectivity index (χ4v) is 7.01. The second kappa shape index (κ2) is 7.58. The number of hydrogen-bond acceptors (Lipinski definition) is 1. The van der Waals surface area contributed by atoms with Crippen LogP contribution in [0.4, 0.5) is 0 Å². The van der Waals surface area contributed by atoms with Crippen LogP contribution in [0.1, 0.15) is 0 Å². The number of nitrogens with two attached hydrogens (primary N) is 1. The predicted molar refractivity (Wildman–Crippen MR) is 80.8 cm³/mol. The Morgan fingerprint density at radius 1 is 0.833 bits per heavy atom. The van der Waals surface area contributed by atoms with E-state index in [-0.39, 0.29) is 0 Å². The summed E-state index contributed by atoms with van der Waals surface area (Å²) in [7, 11) is 0. The van der Waals surface area contributed by atoms with Gasteiger partial charge in [-0.25, -0.2) is 0 Å². The summed E-state index contributed by atoms with van der Waals surface area (Å²) < 4.78 is 4.35. The maximum absolute atomic E-state index is 5.68. The van der Waals surface area contributed by atoms with Gasteiger partial charge in [0.2, 0.25) is 0 Å². The van der Waals surface area contributed by atoms with Gasteiger partial charge in [0.1, 0.15) is 0 Å². The van der Waals surface area contributed by atoms with Crippen LogP contribution in [-0.2, 0) is 0 Å². The Bertz CT molecular complexity index is 451. The molecule has 0 aliphatic heterocycles. The molecule has 0 fully saturated rings. The first-order chi connectivity index (χ1) is 8.88. The van der Waals surface area contributed by atoms with Gasteiger partial charge in [-0.3, -0.25) is 0 Å². The van der Waals surface area contributed by atoms with Crippen molar-refractivity contribution in [2.24, 2.45) is 5.73 Å². The molecule has 92 valence electrons. The Morgan fingerprint density at radius 2 is 1.28 bits per heavy atom. The van der Waals surface area contributed by atoms with Gasteiger partial charge in [0.05, 0.1) is 0 Å². The first kappa shape index (κ1) is 13.6. The monoisotopic (exact) mass is 369 g/mol. The Balaban J connectivity index is 2.08. The van der Waals surface area contributed by atoms with Gasteiger partial charge in [0, 0.05) is 0 Å². The van der Waals surface area contributed by atoms with Gasteiger partial charge in [-0.1, -0.05) is 0 Å². The van der Waals surface area contributed by atoms with E-state index >= 15 is 0 Å². The fourth-order valence-electron chi connectivity index (χ4n) is 1.41. The normalized spacial score (nSPS) is 10.1. The Labute approximate surface area is 121 Å². The molecule has 0 saturated carbocycles. The molecule has 0 aliphatic rings. The third kappa shape index (κ3) is 4.45. The SMILES string of the molecule is NCC=C([Se]c1ccccc1)[Se]c1ccccc1. The molecule has 0 bridgehead atoms. The van der Waals surface area contributed by atoms with Crippen molar-refractivity contribution >= 4 is 38.8 Å². The second-order valence-electron chi connectivity index (χ2n) is 3.59. The topological polar surface area (TPSA) is 26.0 Å². The molecule has 2 aromatic rings. The van der Waals surface area contributed by atoms with Gasteiger partial charge in [-0.05, 0) is 0 Å². The van der Waals surface area contributed by atoms with Gasteiger partial charge >= 0.3 is 121 Å². The third-order valence-corrected chi connectivity index (χ3v) is 7.70. The quantitative estimate of drug-likeness (QED) is 0.780. The summed E-state index contributed by atoms with van der Waals surface area (Å²) in [6.07, 6.45) is 2.19. The van der Waals surface area contributed by atoms with E-state index in [0.717, 1.165) is 0 Å². The van der Waals surface area contributed by atoms with Crippen LogP contribution in [-0.4, -0.2) is 36.5 Å². The van der Waals surface area contributed by atoms with Gasteiger partial charge in [0.15, 0.2) is 0 Å². The van der Waals surface area contributed by atoms with E-state index in [1.54, 1.807) is 0 Å². The summed E-state index contributed by atoms with van der Waals surface area (Å²) in [4.78, 5) is 0. The molecule has 0 heterocycles. The van der Waals surface area contributed by atoms with Crippen molar-refractivity contribution in [1.82, 2.24) is 0 Å². The molecule has 0 saturated heterocycles. The van der Waals surface area contributed by atoms with Crippen LogP contribution in [0.3, 0.4) is 0 Å². The van der Waals surface area contributed by atoms with Crippen molar-refractivity contribution in [1.29, 1.82) is 0 Å². The molecule has 0 aliphatic carbocycles. The average molecular weight is 367 g/mol. The molecule has 2 N–H and O–H groups in total. The molecule has 18 heavy (non-hydrogen) atoms. The summed E-state index contributed by atoms with van der Waals surface area (Å²) in [5.41, 5.74) is 5.68. The predicted octanol–water partition coefficient (Wildman–Crippen LogP) is 0.846.